The summed E-state index contributed by atoms with van der Waals surface area (Å²) >= 11 is 0. The molecule has 44 heavy (non-hydrogen) atoms. The average Bonchev–Trinajstić information content (AvgIpc) is 3.26. The van der Waals surface area contributed by atoms with Gasteiger partial charge in [0, 0.05) is 44.0 Å². The number of carbonyl (C=O) groups is 1. The van der Waals surface area contributed by atoms with Gasteiger partial charge in [-0.05, 0) is 49.9 Å². The summed E-state index contributed by atoms with van der Waals surface area (Å²) in [5.74, 6) is -5.85. The van der Waals surface area contributed by atoms with Gasteiger partial charge in [0.2, 0.25) is 0 Å². The minimum atomic E-state index is -3.83. The number of nitrogens with one attached hydrogen (secondary N) is 1. The molecule has 2 aliphatic rings. The predicted molar refractivity (Wildman–Crippen MR) is 153 cm³/mol. The first-order valence-corrected chi connectivity index (χ1v) is 16.0. The van der Waals surface area contributed by atoms with Crippen LogP contribution >= 0.6 is 0 Å². The lowest BCUT2D eigenvalue weighted by atomic mass is 10.1. The first-order chi connectivity index (χ1) is 20.7. The van der Waals surface area contributed by atoms with Crippen LogP contribution in [0.25, 0.3) is 22.3 Å². The van der Waals surface area contributed by atoms with Crippen molar-refractivity contribution >= 4 is 38.2 Å². The summed E-state index contributed by atoms with van der Waals surface area (Å²) in [5.41, 5.74) is 2.36. The third kappa shape index (κ3) is 5.58. The van der Waals surface area contributed by atoms with Crippen LogP contribution in [0.1, 0.15) is 55.5 Å². The van der Waals surface area contributed by atoms with Crippen LogP contribution in [0.3, 0.4) is 0 Å². The SMILES string of the molecule is Cc1c(-c2ccc(Nc3cc(CC(=O)C4CC4(F)F)nc4c3nc(C(F)F)n4C3CCCCO3)c(S(C)(=O)=O)c2)cnn1C. The number of anilines is 2. The quantitative estimate of drug-likeness (QED) is 0.233. The van der Waals surface area contributed by atoms with E-state index in [2.05, 4.69) is 20.4 Å². The van der Waals surface area contributed by atoms with E-state index in [0.29, 0.717) is 25.0 Å². The number of ether oxygens (including phenoxy) is 1. The summed E-state index contributed by atoms with van der Waals surface area (Å²) in [6.07, 6.45) is -0.280. The Hall–Kier alpha value is -3.85. The monoisotopic (exact) mass is 634 g/mol. The number of aromatic nitrogens is 5. The zero-order valence-corrected chi connectivity index (χ0v) is 25.0. The molecular weight excluding hydrogens is 604 g/mol. The highest BCUT2D eigenvalue weighted by Crippen LogP contribution is 2.49. The van der Waals surface area contributed by atoms with Crippen LogP contribution in [0.5, 0.6) is 0 Å². The molecule has 1 aliphatic heterocycles. The van der Waals surface area contributed by atoms with E-state index >= 15 is 0 Å². The van der Waals surface area contributed by atoms with E-state index in [-0.39, 0.29) is 33.1 Å². The zero-order valence-electron chi connectivity index (χ0n) is 24.2. The van der Waals surface area contributed by atoms with Gasteiger partial charge >= 0.3 is 0 Å². The van der Waals surface area contributed by atoms with Crippen LogP contribution < -0.4 is 5.32 Å². The Kier molecular flexibility index (Phi) is 7.51. The van der Waals surface area contributed by atoms with Crippen molar-refractivity contribution in [2.75, 3.05) is 18.2 Å². The topological polar surface area (TPSA) is 121 Å². The molecule has 1 saturated heterocycles. The number of alkyl halides is 4. The molecule has 1 aromatic carbocycles. The lowest BCUT2D eigenvalue weighted by Gasteiger charge is -2.25. The van der Waals surface area contributed by atoms with Gasteiger partial charge in [-0.15, -0.1) is 0 Å². The van der Waals surface area contributed by atoms with Crippen molar-refractivity contribution in [2.45, 2.75) is 62.5 Å². The van der Waals surface area contributed by atoms with E-state index in [1.165, 1.54) is 22.8 Å². The molecule has 2 unspecified atom stereocenters. The molecule has 1 aliphatic carbocycles. The number of nitrogens with zero attached hydrogens (tertiary/aromatic N) is 5. The molecule has 4 heterocycles. The molecule has 2 fully saturated rings. The van der Waals surface area contributed by atoms with Crippen molar-refractivity contribution < 1.29 is 35.5 Å². The molecule has 0 radical (unpaired) electrons. The van der Waals surface area contributed by atoms with Gasteiger partial charge in [0.05, 0.1) is 34.1 Å². The molecule has 10 nitrogen and oxygen atoms in total. The third-order valence-electron chi connectivity index (χ3n) is 8.13. The van der Waals surface area contributed by atoms with Crippen LogP contribution in [-0.4, -0.2) is 57.3 Å². The van der Waals surface area contributed by atoms with Crippen molar-refractivity contribution in [3.63, 3.8) is 0 Å². The van der Waals surface area contributed by atoms with Gasteiger partial charge < -0.3 is 10.1 Å². The fourth-order valence-electron chi connectivity index (χ4n) is 5.57. The Balaban J connectivity index is 1.49. The van der Waals surface area contributed by atoms with Crippen molar-refractivity contribution in [3.8, 4) is 11.1 Å². The summed E-state index contributed by atoms with van der Waals surface area (Å²) in [6, 6.07) is 6.08. The van der Waals surface area contributed by atoms with E-state index < -0.39 is 58.8 Å². The summed E-state index contributed by atoms with van der Waals surface area (Å²) in [7, 11) is -2.07. The lowest BCUT2D eigenvalue weighted by Crippen LogP contribution is -2.21. The fraction of sp³-hybridized carbons (Fsp3) is 0.448. The van der Waals surface area contributed by atoms with Gasteiger partial charge in [-0.1, -0.05) is 6.07 Å². The van der Waals surface area contributed by atoms with E-state index in [1.54, 1.807) is 24.0 Å². The molecule has 0 amide bonds. The lowest BCUT2D eigenvalue weighted by molar-refractivity contribution is -0.121. The number of Topliss-reactive ketones (excluding diaryl/α,β-unsaturated/α-hetero) is 1. The smallest absolute Gasteiger partial charge is 0.295 e. The van der Waals surface area contributed by atoms with E-state index in [9.17, 15) is 30.8 Å². The third-order valence-corrected chi connectivity index (χ3v) is 9.27. The Labute approximate surface area is 250 Å². The number of imidazole rings is 1. The maximum atomic E-state index is 14.3. The van der Waals surface area contributed by atoms with Gasteiger partial charge in [-0.25, -0.2) is 35.9 Å². The minimum Gasteiger partial charge on any atom is -0.358 e. The molecule has 0 spiro atoms. The summed E-state index contributed by atoms with van der Waals surface area (Å²) in [4.78, 5) is 21.2. The molecule has 234 valence electrons. The number of aryl methyl sites for hydroxylation is 1. The minimum absolute atomic E-state index is 0.00550. The van der Waals surface area contributed by atoms with Crippen molar-refractivity contribution in [2.24, 2.45) is 13.0 Å². The van der Waals surface area contributed by atoms with Crippen LogP contribution in [0.2, 0.25) is 0 Å². The van der Waals surface area contributed by atoms with Crippen LogP contribution in [0.15, 0.2) is 35.4 Å². The Morgan fingerprint density at radius 1 is 1.18 bits per heavy atom. The summed E-state index contributed by atoms with van der Waals surface area (Å²) in [5, 5.41) is 7.24. The molecule has 3 aromatic heterocycles. The van der Waals surface area contributed by atoms with Crippen molar-refractivity contribution in [3.05, 3.63) is 47.7 Å². The normalized spacial score (nSPS) is 19.9. The van der Waals surface area contributed by atoms with Gasteiger partial charge in [-0.3, -0.25) is 14.0 Å². The number of halogens is 4. The number of pyridine rings is 1. The number of rotatable bonds is 9. The Bertz CT molecular complexity index is 1880. The number of hydrogen-bond donors (Lipinski definition) is 1. The van der Waals surface area contributed by atoms with Crippen LogP contribution in [0.4, 0.5) is 28.9 Å². The highest BCUT2D eigenvalue weighted by Gasteiger charge is 2.60. The number of fused-ring (bicyclic) bond motifs is 1. The molecule has 15 heteroatoms. The maximum absolute atomic E-state index is 14.3. The second-order valence-corrected chi connectivity index (χ2v) is 13.3. The van der Waals surface area contributed by atoms with Gasteiger partial charge in [0.25, 0.3) is 12.3 Å². The predicted octanol–water partition coefficient (Wildman–Crippen LogP) is 5.69. The van der Waals surface area contributed by atoms with Gasteiger partial charge in [-0.2, -0.15) is 5.10 Å². The summed E-state index contributed by atoms with van der Waals surface area (Å²) in [6.45, 7) is 2.18. The van der Waals surface area contributed by atoms with Crippen LogP contribution in [-0.2, 0) is 32.8 Å². The number of ketones is 1. The Morgan fingerprint density at radius 3 is 2.52 bits per heavy atom. The molecule has 0 bridgehead atoms. The van der Waals surface area contributed by atoms with Crippen molar-refractivity contribution in [1.82, 2.24) is 24.3 Å². The molecular formula is C29H30F4N6O4S. The van der Waals surface area contributed by atoms with E-state index in [4.69, 9.17) is 4.74 Å². The maximum Gasteiger partial charge on any atom is 0.295 e. The highest BCUT2D eigenvalue weighted by molar-refractivity contribution is 7.90. The largest absolute Gasteiger partial charge is 0.358 e. The standard InChI is InChI=1S/C29H30F4N6O4S/c1-15-18(14-34-38(15)2)16-7-8-20(23(10-16)44(3,41)42)36-21-11-17(12-22(40)19-13-29(19,32)33)35-27-25(21)37-28(26(30)31)39(27)24-6-4-5-9-43-24/h7-8,10-11,14,19,24,26H,4-6,9,12-13H2,1-3H3,(H,35,36). The Morgan fingerprint density at radius 2 is 1.93 bits per heavy atom. The van der Waals surface area contributed by atoms with E-state index in [1.807, 2.05) is 6.92 Å². The number of sulfone groups is 1. The number of hydrogen-bond acceptors (Lipinski definition) is 8. The second kappa shape index (κ2) is 10.9. The second-order valence-electron chi connectivity index (χ2n) is 11.3. The number of carbonyl (C=O) groups excluding carboxylic acids is 1. The molecule has 1 N–H and O–H groups in total. The molecule has 6 rings (SSSR count). The van der Waals surface area contributed by atoms with Gasteiger partial charge in [0.1, 0.15) is 17.5 Å². The van der Waals surface area contributed by atoms with Crippen molar-refractivity contribution in [1.29, 1.82) is 0 Å². The molecule has 2 atom stereocenters. The van der Waals surface area contributed by atoms with Crippen LogP contribution in [0, 0.1) is 12.8 Å². The van der Waals surface area contributed by atoms with Gasteiger partial charge in [0.15, 0.2) is 21.3 Å². The fourth-order valence-corrected chi connectivity index (χ4v) is 6.43. The van der Waals surface area contributed by atoms with E-state index in [0.717, 1.165) is 23.9 Å². The number of benzene rings is 1. The molecule has 1 saturated carbocycles. The highest BCUT2D eigenvalue weighted by atomic mass is 32.2. The first-order valence-electron chi connectivity index (χ1n) is 14.1. The average molecular weight is 635 g/mol. The first kappa shape index (κ1) is 30.2. The molecule has 4 aromatic rings. The summed E-state index contributed by atoms with van der Waals surface area (Å²) < 4.78 is 90.6. The zero-order chi connectivity index (χ0) is 31.6.